The molecule has 0 bridgehead atoms. The Morgan fingerprint density at radius 3 is 2.25 bits per heavy atom. The zero-order valence-electron chi connectivity index (χ0n) is 9.69. The van der Waals surface area contributed by atoms with Gasteiger partial charge in [-0.1, -0.05) is 6.07 Å². The van der Waals surface area contributed by atoms with Crippen molar-refractivity contribution in [2.24, 2.45) is 5.73 Å². The van der Waals surface area contributed by atoms with Crippen LogP contribution in [0.3, 0.4) is 0 Å². The first-order valence-electron chi connectivity index (χ1n) is 5.49. The second-order valence-corrected chi connectivity index (χ2v) is 3.75. The van der Waals surface area contributed by atoms with Gasteiger partial charge in [0.2, 0.25) is 0 Å². The van der Waals surface area contributed by atoms with E-state index in [2.05, 4.69) is 0 Å². The summed E-state index contributed by atoms with van der Waals surface area (Å²) >= 11 is 0. The van der Waals surface area contributed by atoms with Gasteiger partial charge in [0.25, 0.3) is 0 Å². The lowest BCUT2D eigenvalue weighted by Crippen LogP contribution is -2.29. The summed E-state index contributed by atoms with van der Waals surface area (Å²) in [6.07, 6.45) is 0. The maximum atomic E-state index is 8.95. The van der Waals surface area contributed by atoms with E-state index in [1.165, 1.54) is 0 Å². The number of hydrogen-bond donors (Lipinski definition) is 3. The van der Waals surface area contributed by atoms with Crippen LogP contribution < -0.4 is 10.6 Å². The maximum absolute atomic E-state index is 8.95. The molecule has 0 heterocycles. The number of rotatable bonds is 6. The highest BCUT2D eigenvalue weighted by atomic mass is 16.3. The molecule has 4 N–H and O–H groups in total. The first kappa shape index (κ1) is 13.0. The predicted molar refractivity (Wildman–Crippen MR) is 65.5 cm³/mol. The largest absolute Gasteiger partial charge is 0.395 e. The number of hydrogen-bond acceptors (Lipinski definition) is 4. The Balaban J connectivity index is 2.87. The summed E-state index contributed by atoms with van der Waals surface area (Å²) < 4.78 is 0. The van der Waals surface area contributed by atoms with Crippen LogP contribution in [0.5, 0.6) is 0 Å². The molecule has 0 aromatic heterocycles. The standard InChI is InChI=1S/C12H20N2O2/c1-10-8-12(3-2-11(10)9-13)14(4-6-15)5-7-16/h2-3,8,15-16H,4-7,9,13H2,1H3. The molecule has 0 aliphatic heterocycles. The van der Waals surface area contributed by atoms with Crippen molar-refractivity contribution >= 4 is 5.69 Å². The summed E-state index contributed by atoms with van der Waals surface area (Å²) in [5.74, 6) is 0. The quantitative estimate of drug-likeness (QED) is 0.647. The van der Waals surface area contributed by atoms with Gasteiger partial charge in [0.1, 0.15) is 0 Å². The van der Waals surface area contributed by atoms with Crippen LogP contribution in [0.25, 0.3) is 0 Å². The Hall–Kier alpha value is -1.10. The molecule has 1 aromatic carbocycles. The van der Waals surface area contributed by atoms with Gasteiger partial charge < -0.3 is 20.8 Å². The van der Waals surface area contributed by atoms with Crippen molar-refractivity contribution in [3.63, 3.8) is 0 Å². The molecular formula is C12H20N2O2. The number of nitrogens with two attached hydrogens (primary N) is 1. The monoisotopic (exact) mass is 224 g/mol. The van der Waals surface area contributed by atoms with E-state index in [0.29, 0.717) is 19.6 Å². The number of anilines is 1. The zero-order chi connectivity index (χ0) is 12.0. The minimum Gasteiger partial charge on any atom is -0.395 e. The SMILES string of the molecule is Cc1cc(N(CCO)CCO)ccc1CN. The van der Waals surface area contributed by atoms with Crippen LogP contribution in [-0.2, 0) is 6.54 Å². The molecule has 4 nitrogen and oxygen atoms in total. The normalized spacial score (nSPS) is 10.5. The minimum absolute atomic E-state index is 0.0810. The van der Waals surface area contributed by atoms with E-state index >= 15 is 0 Å². The van der Waals surface area contributed by atoms with Crippen molar-refractivity contribution in [3.05, 3.63) is 29.3 Å². The van der Waals surface area contributed by atoms with E-state index in [1.807, 2.05) is 30.0 Å². The molecule has 0 saturated heterocycles. The summed E-state index contributed by atoms with van der Waals surface area (Å²) in [6.45, 7) is 3.77. The van der Waals surface area contributed by atoms with E-state index in [4.69, 9.17) is 15.9 Å². The van der Waals surface area contributed by atoms with E-state index in [0.717, 1.165) is 16.8 Å². The molecule has 0 aliphatic rings. The Bertz CT molecular complexity index is 323. The fraction of sp³-hybridized carbons (Fsp3) is 0.500. The third kappa shape index (κ3) is 3.20. The molecule has 16 heavy (non-hydrogen) atoms. The fourth-order valence-electron chi connectivity index (χ4n) is 1.72. The minimum atomic E-state index is 0.0810. The van der Waals surface area contributed by atoms with Crippen molar-refractivity contribution in [2.75, 3.05) is 31.2 Å². The Kier molecular flexibility index (Phi) is 5.25. The Labute approximate surface area is 96.3 Å². The fourth-order valence-corrected chi connectivity index (χ4v) is 1.72. The first-order chi connectivity index (χ1) is 7.72. The Morgan fingerprint density at radius 2 is 1.81 bits per heavy atom. The second-order valence-electron chi connectivity index (χ2n) is 3.75. The van der Waals surface area contributed by atoms with E-state index in [-0.39, 0.29) is 13.2 Å². The van der Waals surface area contributed by atoms with Gasteiger partial charge in [0.05, 0.1) is 13.2 Å². The third-order valence-corrected chi connectivity index (χ3v) is 2.65. The highest BCUT2D eigenvalue weighted by molar-refractivity contribution is 5.50. The summed E-state index contributed by atoms with van der Waals surface area (Å²) in [5.41, 5.74) is 8.87. The molecule has 0 radical (unpaired) electrons. The number of nitrogens with zero attached hydrogens (tertiary/aromatic N) is 1. The van der Waals surface area contributed by atoms with Crippen LogP contribution in [0.2, 0.25) is 0 Å². The topological polar surface area (TPSA) is 69.7 Å². The number of aliphatic hydroxyl groups excluding tert-OH is 2. The van der Waals surface area contributed by atoms with Crippen molar-refractivity contribution in [1.29, 1.82) is 0 Å². The van der Waals surface area contributed by atoms with E-state index in [1.54, 1.807) is 0 Å². The van der Waals surface area contributed by atoms with Crippen LogP contribution in [-0.4, -0.2) is 36.5 Å². The second kappa shape index (κ2) is 6.48. The van der Waals surface area contributed by atoms with Gasteiger partial charge in [0, 0.05) is 25.3 Å². The lowest BCUT2D eigenvalue weighted by atomic mass is 10.1. The van der Waals surface area contributed by atoms with Crippen molar-refractivity contribution < 1.29 is 10.2 Å². The van der Waals surface area contributed by atoms with Gasteiger partial charge in [-0.2, -0.15) is 0 Å². The van der Waals surface area contributed by atoms with Gasteiger partial charge in [-0.25, -0.2) is 0 Å². The van der Waals surface area contributed by atoms with Crippen molar-refractivity contribution in [3.8, 4) is 0 Å². The lowest BCUT2D eigenvalue weighted by molar-refractivity contribution is 0.281. The molecule has 90 valence electrons. The summed E-state index contributed by atoms with van der Waals surface area (Å²) in [4.78, 5) is 1.95. The molecule has 0 atom stereocenters. The summed E-state index contributed by atoms with van der Waals surface area (Å²) in [7, 11) is 0. The Morgan fingerprint density at radius 1 is 1.19 bits per heavy atom. The average Bonchev–Trinajstić information content (AvgIpc) is 2.28. The molecule has 4 heteroatoms. The molecular weight excluding hydrogens is 204 g/mol. The lowest BCUT2D eigenvalue weighted by Gasteiger charge is -2.23. The van der Waals surface area contributed by atoms with E-state index in [9.17, 15) is 0 Å². The van der Waals surface area contributed by atoms with Crippen LogP contribution >= 0.6 is 0 Å². The molecule has 1 aromatic rings. The van der Waals surface area contributed by atoms with Crippen LogP contribution in [0.15, 0.2) is 18.2 Å². The van der Waals surface area contributed by atoms with Gasteiger partial charge in [-0.15, -0.1) is 0 Å². The van der Waals surface area contributed by atoms with Gasteiger partial charge in [-0.05, 0) is 30.2 Å². The molecule has 0 fully saturated rings. The first-order valence-corrected chi connectivity index (χ1v) is 5.49. The molecule has 0 aliphatic carbocycles. The molecule has 0 saturated carbocycles. The average molecular weight is 224 g/mol. The number of aliphatic hydroxyl groups is 2. The number of aryl methyl sites for hydroxylation is 1. The molecule has 1 rings (SSSR count). The molecule has 0 spiro atoms. The van der Waals surface area contributed by atoms with Gasteiger partial charge in [0.15, 0.2) is 0 Å². The van der Waals surface area contributed by atoms with Crippen LogP contribution in [0, 0.1) is 6.92 Å². The predicted octanol–water partition coefficient (Wildman–Crippen LogP) is 0.245. The molecule has 0 unspecified atom stereocenters. The van der Waals surface area contributed by atoms with E-state index < -0.39 is 0 Å². The summed E-state index contributed by atoms with van der Waals surface area (Å²) in [6, 6.07) is 6.00. The van der Waals surface area contributed by atoms with Crippen molar-refractivity contribution in [2.45, 2.75) is 13.5 Å². The van der Waals surface area contributed by atoms with Crippen LogP contribution in [0.1, 0.15) is 11.1 Å². The van der Waals surface area contributed by atoms with Crippen molar-refractivity contribution in [1.82, 2.24) is 0 Å². The highest BCUT2D eigenvalue weighted by Crippen LogP contribution is 2.18. The van der Waals surface area contributed by atoms with Gasteiger partial charge in [-0.3, -0.25) is 0 Å². The van der Waals surface area contributed by atoms with Gasteiger partial charge >= 0.3 is 0 Å². The third-order valence-electron chi connectivity index (χ3n) is 2.65. The smallest absolute Gasteiger partial charge is 0.0606 e. The molecule has 0 amide bonds. The maximum Gasteiger partial charge on any atom is 0.0606 e. The highest BCUT2D eigenvalue weighted by Gasteiger charge is 2.06. The summed E-state index contributed by atoms with van der Waals surface area (Å²) in [5, 5.41) is 17.9. The number of benzene rings is 1. The van der Waals surface area contributed by atoms with Crippen LogP contribution in [0.4, 0.5) is 5.69 Å². The zero-order valence-corrected chi connectivity index (χ0v) is 9.69.